The molecule has 404 valence electrons. The summed E-state index contributed by atoms with van der Waals surface area (Å²) in [6.07, 6.45) is 69.9. The monoisotopic (exact) mass is 969 g/mol. The first-order valence-corrected chi connectivity index (χ1v) is 30.5. The smallest absolute Gasteiger partial charge is 0.306 e. The summed E-state index contributed by atoms with van der Waals surface area (Å²) in [5.41, 5.74) is 0. The summed E-state index contributed by atoms with van der Waals surface area (Å²) in [4.78, 5) is 38.2. The minimum atomic E-state index is -0.773. The normalized spacial score (nSPS) is 12.2. The van der Waals surface area contributed by atoms with Gasteiger partial charge in [0, 0.05) is 19.3 Å². The Morgan fingerprint density at radius 3 is 0.841 bits per heavy atom. The van der Waals surface area contributed by atoms with Gasteiger partial charge in [-0.1, -0.05) is 269 Å². The molecule has 0 bridgehead atoms. The van der Waals surface area contributed by atoms with E-state index in [-0.39, 0.29) is 31.1 Å². The van der Waals surface area contributed by atoms with Crippen LogP contribution in [0, 0.1) is 0 Å². The fourth-order valence-corrected chi connectivity index (χ4v) is 9.00. The zero-order valence-corrected chi connectivity index (χ0v) is 46.3. The largest absolute Gasteiger partial charge is 0.462 e. The van der Waals surface area contributed by atoms with Crippen LogP contribution in [0.15, 0.2) is 36.5 Å². The molecule has 0 heterocycles. The maximum absolute atomic E-state index is 12.9. The second-order valence-corrected chi connectivity index (χ2v) is 20.6. The van der Waals surface area contributed by atoms with E-state index in [9.17, 15) is 14.4 Å². The number of esters is 3. The molecule has 0 saturated carbocycles. The average Bonchev–Trinajstić information content (AvgIpc) is 3.35. The minimum Gasteiger partial charge on any atom is -0.462 e. The third kappa shape index (κ3) is 56.4. The number of unbranched alkanes of at least 4 members (excludes halogenated alkanes) is 39. The highest BCUT2D eigenvalue weighted by molar-refractivity contribution is 5.71. The first kappa shape index (κ1) is 66.6. The molecular weight excluding hydrogens is 853 g/mol. The van der Waals surface area contributed by atoms with Gasteiger partial charge in [0.25, 0.3) is 0 Å². The van der Waals surface area contributed by atoms with E-state index in [0.29, 0.717) is 19.3 Å². The third-order valence-corrected chi connectivity index (χ3v) is 13.6. The summed E-state index contributed by atoms with van der Waals surface area (Å²) in [5.74, 6) is -0.860. The highest BCUT2D eigenvalue weighted by atomic mass is 16.6. The minimum absolute atomic E-state index is 0.0712. The molecule has 69 heavy (non-hydrogen) atoms. The number of carbonyl (C=O) groups is 3. The second kappa shape index (κ2) is 58.2. The van der Waals surface area contributed by atoms with E-state index in [4.69, 9.17) is 14.2 Å². The molecule has 0 aliphatic carbocycles. The number of rotatable bonds is 56. The summed E-state index contributed by atoms with van der Waals surface area (Å²) in [6.45, 7) is 6.65. The lowest BCUT2D eigenvalue weighted by Crippen LogP contribution is -2.30. The Morgan fingerprint density at radius 1 is 0.290 bits per heavy atom. The zero-order valence-electron chi connectivity index (χ0n) is 46.3. The molecule has 0 unspecified atom stereocenters. The Kier molecular flexibility index (Phi) is 56.2. The molecule has 1 atom stereocenters. The molecule has 0 aliphatic heterocycles. The molecule has 0 aromatic rings. The van der Waals surface area contributed by atoms with Crippen molar-refractivity contribution in [1.29, 1.82) is 0 Å². The maximum atomic E-state index is 12.9. The number of hydrogen-bond donors (Lipinski definition) is 0. The van der Waals surface area contributed by atoms with Crippen LogP contribution in [-0.2, 0) is 28.6 Å². The molecule has 6 nitrogen and oxygen atoms in total. The summed E-state index contributed by atoms with van der Waals surface area (Å²) in [6, 6.07) is 0. The molecular formula is C63H116O6. The standard InChI is InChI=1S/C63H116O6/c1-4-7-10-13-16-19-22-25-27-29-31-33-35-38-41-44-47-50-53-56-62(65)68-59-60(58-67-61(64)55-52-49-46-43-40-37-24-21-18-15-12-9-6-3)69-63(66)57-54-51-48-45-42-39-36-34-32-30-28-26-23-20-17-14-11-8-5-2/h16,19,25,27,30,32,60H,4-15,17-18,20-24,26,28-29,31,33-59H2,1-3H3/b19-16-,27-25-,32-30-/t60-/m1/s1. The Hall–Kier alpha value is -2.37. The van der Waals surface area contributed by atoms with Crippen molar-refractivity contribution in [3.05, 3.63) is 36.5 Å². The van der Waals surface area contributed by atoms with Crippen LogP contribution in [0.1, 0.15) is 329 Å². The molecule has 0 saturated heterocycles. The van der Waals surface area contributed by atoms with Gasteiger partial charge in [0.15, 0.2) is 6.10 Å². The van der Waals surface area contributed by atoms with Gasteiger partial charge in [0.05, 0.1) is 0 Å². The van der Waals surface area contributed by atoms with E-state index in [1.54, 1.807) is 0 Å². The van der Waals surface area contributed by atoms with Crippen molar-refractivity contribution < 1.29 is 28.6 Å². The fraction of sp³-hybridized carbons (Fsp3) is 0.857. The van der Waals surface area contributed by atoms with E-state index in [2.05, 4.69) is 57.2 Å². The lowest BCUT2D eigenvalue weighted by molar-refractivity contribution is -0.167. The highest BCUT2D eigenvalue weighted by Crippen LogP contribution is 2.17. The molecule has 0 fully saturated rings. The van der Waals surface area contributed by atoms with Gasteiger partial charge >= 0.3 is 17.9 Å². The molecule has 0 N–H and O–H groups in total. The van der Waals surface area contributed by atoms with E-state index in [0.717, 1.165) is 64.2 Å². The van der Waals surface area contributed by atoms with E-state index in [1.165, 1.54) is 225 Å². The molecule has 0 aromatic carbocycles. The van der Waals surface area contributed by atoms with E-state index >= 15 is 0 Å². The highest BCUT2D eigenvalue weighted by Gasteiger charge is 2.19. The van der Waals surface area contributed by atoms with Crippen molar-refractivity contribution in [1.82, 2.24) is 0 Å². The van der Waals surface area contributed by atoms with Crippen LogP contribution in [0.4, 0.5) is 0 Å². The predicted octanol–water partition coefficient (Wildman–Crippen LogP) is 20.4. The molecule has 0 aromatic heterocycles. The molecule has 6 heteroatoms. The molecule has 0 amide bonds. The molecule has 0 aliphatic rings. The molecule has 0 radical (unpaired) electrons. The van der Waals surface area contributed by atoms with Gasteiger partial charge in [0.2, 0.25) is 0 Å². The van der Waals surface area contributed by atoms with Gasteiger partial charge in [-0.25, -0.2) is 0 Å². The predicted molar refractivity (Wildman–Crippen MR) is 298 cm³/mol. The Labute approximate surface area is 429 Å². The van der Waals surface area contributed by atoms with Crippen molar-refractivity contribution >= 4 is 17.9 Å². The van der Waals surface area contributed by atoms with Crippen LogP contribution in [0.5, 0.6) is 0 Å². The summed E-state index contributed by atoms with van der Waals surface area (Å²) in [7, 11) is 0. The average molecular weight is 970 g/mol. The number of ether oxygens (including phenoxy) is 3. The van der Waals surface area contributed by atoms with Crippen molar-refractivity contribution in [2.45, 2.75) is 335 Å². The molecule has 0 spiro atoms. The van der Waals surface area contributed by atoms with Crippen LogP contribution in [-0.4, -0.2) is 37.2 Å². The quantitative estimate of drug-likeness (QED) is 0.0261. The lowest BCUT2D eigenvalue weighted by Gasteiger charge is -2.18. The fourth-order valence-electron chi connectivity index (χ4n) is 9.00. The van der Waals surface area contributed by atoms with Gasteiger partial charge in [-0.05, 0) is 77.0 Å². The maximum Gasteiger partial charge on any atom is 0.306 e. The van der Waals surface area contributed by atoms with Gasteiger partial charge < -0.3 is 14.2 Å². The SMILES string of the molecule is CCCCC/C=C\C/C=C\CCCCCCCCCCCC(=O)OC[C@@H](COC(=O)CCCCCCCCCCCCCCC)OC(=O)CCCCCCCCC/C=C\CCCCCCCCCC. The first-order valence-electron chi connectivity index (χ1n) is 30.5. The van der Waals surface area contributed by atoms with Crippen LogP contribution in [0.2, 0.25) is 0 Å². The van der Waals surface area contributed by atoms with Gasteiger partial charge in [0.1, 0.15) is 13.2 Å². The topological polar surface area (TPSA) is 78.9 Å². The lowest BCUT2D eigenvalue weighted by atomic mass is 10.0. The van der Waals surface area contributed by atoms with Crippen molar-refractivity contribution in [2.75, 3.05) is 13.2 Å². The number of carbonyl (C=O) groups excluding carboxylic acids is 3. The Morgan fingerprint density at radius 2 is 0.522 bits per heavy atom. The Bertz CT molecular complexity index is 1160. The second-order valence-electron chi connectivity index (χ2n) is 20.6. The van der Waals surface area contributed by atoms with Crippen LogP contribution in [0.3, 0.4) is 0 Å². The van der Waals surface area contributed by atoms with Crippen LogP contribution >= 0.6 is 0 Å². The van der Waals surface area contributed by atoms with Crippen molar-refractivity contribution in [3.63, 3.8) is 0 Å². The van der Waals surface area contributed by atoms with Gasteiger partial charge in [-0.2, -0.15) is 0 Å². The van der Waals surface area contributed by atoms with E-state index < -0.39 is 6.10 Å². The van der Waals surface area contributed by atoms with Gasteiger partial charge in [-0.15, -0.1) is 0 Å². The molecule has 0 rings (SSSR count). The van der Waals surface area contributed by atoms with Crippen LogP contribution in [0.25, 0.3) is 0 Å². The number of allylic oxidation sites excluding steroid dienone is 6. The third-order valence-electron chi connectivity index (χ3n) is 13.6. The zero-order chi connectivity index (χ0) is 50.0. The Balaban J connectivity index is 4.33. The first-order chi connectivity index (χ1) is 34.0. The van der Waals surface area contributed by atoms with Gasteiger partial charge in [-0.3, -0.25) is 14.4 Å². The number of hydrogen-bond acceptors (Lipinski definition) is 6. The summed E-state index contributed by atoms with van der Waals surface area (Å²) < 4.78 is 16.9. The van der Waals surface area contributed by atoms with Crippen molar-refractivity contribution in [2.24, 2.45) is 0 Å². The summed E-state index contributed by atoms with van der Waals surface area (Å²) >= 11 is 0. The summed E-state index contributed by atoms with van der Waals surface area (Å²) in [5, 5.41) is 0. The van der Waals surface area contributed by atoms with Crippen LogP contribution < -0.4 is 0 Å². The van der Waals surface area contributed by atoms with Crippen molar-refractivity contribution in [3.8, 4) is 0 Å². The van der Waals surface area contributed by atoms with E-state index in [1.807, 2.05) is 0 Å².